The van der Waals surface area contributed by atoms with Crippen LogP contribution in [0.1, 0.15) is 53.1 Å². The van der Waals surface area contributed by atoms with Gasteiger partial charge in [0.15, 0.2) is 0 Å². The van der Waals surface area contributed by atoms with Gasteiger partial charge in [0.1, 0.15) is 0 Å². The number of nitrogens with zero attached hydrogens (tertiary/aromatic N) is 3. The average Bonchev–Trinajstić information content (AvgIpc) is 3.44. The van der Waals surface area contributed by atoms with E-state index >= 15 is 0 Å². The molecule has 3 heterocycles. The van der Waals surface area contributed by atoms with Gasteiger partial charge in [-0.2, -0.15) is 0 Å². The Bertz CT molecular complexity index is 1340. The van der Waals surface area contributed by atoms with E-state index in [1.807, 2.05) is 54.5 Å². The van der Waals surface area contributed by atoms with E-state index < -0.39 is 0 Å². The maximum atomic E-state index is 12.9. The Labute approximate surface area is 217 Å². The first-order valence-corrected chi connectivity index (χ1v) is 13.8. The van der Waals surface area contributed by atoms with Crippen molar-refractivity contribution in [3.63, 3.8) is 0 Å². The second-order valence-electron chi connectivity index (χ2n) is 9.27. The van der Waals surface area contributed by atoms with Crippen molar-refractivity contribution in [3.8, 4) is 0 Å². The largest absolute Gasteiger partial charge is 0.339 e. The summed E-state index contributed by atoms with van der Waals surface area (Å²) in [6.45, 7) is 8.61. The number of aromatic nitrogens is 1. The minimum absolute atomic E-state index is 0.0921. The van der Waals surface area contributed by atoms with Crippen molar-refractivity contribution in [1.82, 2.24) is 14.8 Å². The quantitative estimate of drug-likeness (QED) is 0.280. The van der Waals surface area contributed by atoms with Crippen LogP contribution in [0, 0.1) is 0 Å². The average molecular weight is 496 g/mol. The van der Waals surface area contributed by atoms with Gasteiger partial charge < -0.3 is 4.90 Å². The van der Waals surface area contributed by atoms with Crippen LogP contribution < -0.4 is 0 Å². The molecule has 0 saturated carbocycles. The number of hydrogen-bond acceptors (Lipinski definition) is 4. The van der Waals surface area contributed by atoms with Gasteiger partial charge in [0.25, 0.3) is 5.91 Å². The Hall–Kier alpha value is -3.28. The van der Waals surface area contributed by atoms with E-state index in [1.54, 1.807) is 0 Å². The van der Waals surface area contributed by atoms with Crippen molar-refractivity contribution < 1.29 is 4.79 Å². The van der Waals surface area contributed by atoms with Crippen molar-refractivity contribution in [3.05, 3.63) is 105 Å². The van der Waals surface area contributed by atoms with Crippen LogP contribution in [0.3, 0.4) is 0 Å². The molecule has 184 valence electrons. The first kappa shape index (κ1) is 24.4. The summed E-state index contributed by atoms with van der Waals surface area (Å²) in [7, 11) is 0. The van der Waals surface area contributed by atoms with E-state index in [1.165, 1.54) is 21.6 Å². The Morgan fingerprint density at radius 1 is 0.917 bits per heavy atom. The highest BCUT2D eigenvalue weighted by Gasteiger charge is 2.21. The maximum absolute atomic E-state index is 12.9. The minimum Gasteiger partial charge on any atom is -0.339 e. The van der Waals surface area contributed by atoms with Gasteiger partial charge in [0, 0.05) is 60.3 Å². The van der Waals surface area contributed by atoms with Gasteiger partial charge in [-0.25, -0.2) is 0 Å². The summed E-state index contributed by atoms with van der Waals surface area (Å²) < 4.78 is 0. The number of hydrogen-bond donors (Lipinski definition) is 0. The second-order valence-corrected chi connectivity index (χ2v) is 10.3. The number of benzene rings is 2. The summed E-state index contributed by atoms with van der Waals surface area (Å²) >= 11 is 1.83. The lowest BCUT2D eigenvalue weighted by Crippen LogP contribution is -2.30. The molecule has 5 heteroatoms. The molecule has 0 spiro atoms. The number of rotatable bonds is 7. The van der Waals surface area contributed by atoms with Crippen molar-refractivity contribution >= 4 is 33.7 Å². The van der Waals surface area contributed by atoms with Crippen LogP contribution in [0.5, 0.6) is 0 Å². The molecule has 2 aromatic carbocycles. The predicted octanol–water partition coefficient (Wildman–Crippen LogP) is 6.88. The van der Waals surface area contributed by atoms with Gasteiger partial charge in [0.05, 0.1) is 5.52 Å². The zero-order valence-corrected chi connectivity index (χ0v) is 21.9. The Morgan fingerprint density at radius 2 is 1.64 bits per heavy atom. The predicted molar refractivity (Wildman–Crippen MR) is 150 cm³/mol. The molecular formula is C31H33N3OS. The molecule has 1 aliphatic heterocycles. The van der Waals surface area contributed by atoms with Gasteiger partial charge in [0.2, 0.25) is 0 Å². The van der Waals surface area contributed by atoms with Crippen LogP contribution in [0.15, 0.2) is 83.9 Å². The fourth-order valence-electron chi connectivity index (χ4n) is 5.18. The van der Waals surface area contributed by atoms with Crippen molar-refractivity contribution in [2.45, 2.75) is 33.2 Å². The van der Waals surface area contributed by atoms with Crippen molar-refractivity contribution in [2.24, 2.45) is 0 Å². The molecule has 2 aromatic heterocycles. The first-order valence-electron chi connectivity index (χ1n) is 12.9. The van der Waals surface area contributed by atoms with Crippen molar-refractivity contribution in [2.75, 3.05) is 26.2 Å². The maximum Gasteiger partial charge on any atom is 0.253 e. The molecule has 1 fully saturated rings. The fraction of sp³-hybridized carbons (Fsp3) is 0.290. The van der Waals surface area contributed by atoms with Crippen LogP contribution in [0.25, 0.3) is 16.5 Å². The third kappa shape index (κ3) is 5.13. The molecule has 0 N–H and O–H groups in total. The highest BCUT2D eigenvalue weighted by Crippen LogP contribution is 2.36. The normalized spacial score (nSPS) is 14.2. The van der Waals surface area contributed by atoms with Crippen LogP contribution in [0.4, 0.5) is 0 Å². The van der Waals surface area contributed by atoms with Gasteiger partial charge in [-0.1, -0.05) is 48.0 Å². The molecule has 0 radical (unpaired) electrons. The number of thiophene rings is 1. The highest BCUT2D eigenvalue weighted by molar-refractivity contribution is 7.09. The van der Waals surface area contributed by atoms with E-state index in [-0.39, 0.29) is 5.91 Å². The van der Waals surface area contributed by atoms with Crippen LogP contribution in [0.2, 0.25) is 0 Å². The number of carbonyl (C=O) groups excluding carboxylic acids is 1. The third-order valence-corrected chi connectivity index (χ3v) is 8.01. The molecule has 1 amide bonds. The Balaban J connectivity index is 1.51. The SMILES string of the molecule is CCN(CC)C(=O)c1ccc(C(=C2CCN(Cc3cccs3)CC2)c2cccc3cccnc23)cc1. The zero-order chi connectivity index (χ0) is 24.9. The van der Waals surface area contributed by atoms with E-state index in [9.17, 15) is 4.79 Å². The lowest BCUT2D eigenvalue weighted by atomic mass is 9.87. The topological polar surface area (TPSA) is 36.4 Å². The lowest BCUT2D eigenvalue weighted by molar-refractivity contribution is 0.0773. The Kier molecular flexibility index (Phi) is 7.59. The summed E-state index contributed by atoms with van der Waals surface area (Å²) in [4.78, 5) is 23.5. The van der Waals surface area contributed by atoms with E-state index in [0.29, 0.717) is 0 Å². The molecule has 0 atom stereocenters. The molecule has 0 unspecified atom stereocenters. The summed E-state index contributed by atoms with van der Waals surface area (Å²) in [6.07, 6.45) is 3.94. The Morgan fingerprint density at radius 3 is 2.33 bits per heavy atom. The second kappa shape index (κ2) is 11.2. The van der Waals surface area contributed by atoms with Gasteiger partial charge in [-0.15, -0.1) is 11.3 Å². The molecular weight excluding hydrogens is 462 g/mol. The van der Waals surface area contributed by atoms with Gasteiger partial charge >= 0.3 is 0 Å². The summed E-state index contributed by atoms with van der Waals surface area (Å²) in [5.41, 5.74) is 6.86. The first-order chi connectivity index (χ1) is 17.7. The fourth-order valence-corrected chi connectivity index (χ4v) is 5.93. The molecule has 0 bridgehead atoms. The number of fused-ring (bicyclic) bond motifs is 1. The molecule has 0 aliphatic carbocycles. The summed E-state index contributed by atoms with van der Waals surface area (Å²) in [5.74, 6) is 0.0921. The smallest absolute Gasteiger partial charge is 0.253 e. The molecule has 5 rings (SSSR count). The lowest BCUT2D eigenvalue weighted by Gasteiger charge is -2.30. The molecule has 4 nitrogen and oxygen atoms in total. The molecule has 1 aliphatic rings. The van der Waals surface area contributed by atoms with Crippen LogP contribution >= 0.6 is 11.3 Å². The van der Waals surface area contributed by atoms with Crippen molar-refractivity contribution in [1.29, 1.82) is 0 Å². The number of likely N-dealkylation sites (tertiary alicyclic amines) is 1. The van der Waals surface area contributed by atoms with Gasteiger partial charge in [-0.05, 0) is 67.5 Å². The zero-order valence-electron chi connectivity index (χ0n) is 21.1. The van der Waals surface area contributed by atoms with Crippen LogP contribution in [-0.2, 0) is 6.54 Å². The molecule has 36 heavy (non-hydrogen) atoms. The van der Waals surface area contributed by atoms with Crippen LogP contribution in [-0.4, -0.2) is 46.9 Å². The van der Waals surface area contributed by atoms with E-state index in [4.69, 9.17) is 4.98 Å². The standard InChI is InChI=1S/C31H33N3OS/c1-3-34(4-2)31(35)26-14-12-23(13-15-26)29(28-11-5-8-25-9-6-18-32-30(25)28)24-16-19-33(20-17-24)22-27-10-7-21-36-27/h5-15,18,21H,3-4,16-17,19-20,22H2,1-2H3. The number of amides is 1. The number of piperidine rings is 1. The minimum atomic E-state index is 0.0921. The molecule has 1 saturated heterocycles. The monoisotopic (exact) mass is 495 g/mol. The van der Waals surface area contributed by atoms with E-state index in [2.05, 4.69) is 58.8 Å². The number of carbonyl (C=O) groups is 1. The summed E-state index contributed by atoms with van der Waals surface area (Å²) in [5, 5.41) is 3.31. The molecule has 4 aromatic rings. The highest BCUT2D eigenvalue weighted by atomic mass is 32.1. The third-order valence-electron chi connectivity index (χ3n) is 7.15. The number of para-hydroxylation sites is 1. The number of pyridine rings is 1. The summed E-state index contributed by atoms with van der Waals surface area (Å²) in [6, 6.07) is 23.2. The van der Waals surface area contributed by atoms with Gasteiger partial charge in [-0.3, -0.25) is 14.7 Å². The van der Waals surface area contributed by atoms with E-state index in [0.717, 1.165) is 67.6 Å².